The summed E-state index contributed by atoms with van der Waals surface area (Å²) in [4.78, 5) is 1.29. The number of sulfonamides is 1. The van der Waals surface area contributed by atoms with E-state index in [9.17, 15) is 8.42 Å². The Labute approximate surface area is 132 Å². The minimum atomic E-state index is -3.55. The van der Waals surface area contributed by atoms with Gasteiger partial charge in [-0.15, -0.1) is 11.3 Å². The maximum Gasteiger partial charge on any atom is 0.242 e. The summed E-state index contributed by atoms with van der Waals surface area (Å²) in [5.74, 6) is 0.172. The Morgan fingerprint density at radius 2 is 1.85 bits per heavy atom. The molecule has 0 spiro atoms. The van der Waals surface area contributed by atoms with Gasteiger partial charge in [-0.3, -0.25) is 0 Å². The lowest BCUT2D eigenvalue weighted by Gasteiger charge is -2.21. The van der Waals surface area contributed by atoms with E-state index in [1.165, 1.54) is 0 Å². The first-order valence-electron chi connectivity index (χ1n) is 6.22. The zero-order valence-corrected chi connectivity index (χ0v) is 14.4. The molecule has 2 rings (SSSR count). The Morgan fingerprint density at radius 1 is 1.15 bits per heavy atom. The maximum absolute atomic E-state index is 12.5. The van der Waals surface area contributed by atoms with Gasteiger partial charge < -0.3 is 0 Å². The van der Waals surface area contributed by atoms with Crippen LogP contribution in [-0.4, -0.2) is 8.42 Å². The minimum absolute atomic E-state index is 0.172. The van der Waals surface area contributed by atoms with Crippen LogP contribution in [0.2, 0.25) is 0 Å². The first-order chi connectivity index (χ1) is 9.42. The van der Waals surface area contributed by atoms with E-state index in [1.807, 2.05) is 31.4 Å². The lowest BCUT2D eigenvalue weighted by Crippen LogP contribution is -2.31. The molecule has 0 fully saturated rings. The topological polar surface area (TPSA) is 46.2 Å². The zero-order valence-electron chi connectivity index (χ0n) is 11.2. The Hall–Kier alpha value is -0.690. The molecule has 20 heavy (non-hydrogen) atoms. The lowest BCUT2D eigenvalue weighted by molar-refractivity contribution is 0.468. The molecule has 1 atom stereocenters. The molecule has 0 bridgehead atoms. The third-order valence-corrected chi connectivity index (χ3v) is 6.33. The monoisotopic (exact) mass is 373 g/mol. The van der Waals surface area contributed by atoms with Crippen LogP contribution >= 0.6 is 27.3 Å². The number of thiophene rings is 1. The first-order valence-corrected chi connectivity index (χ1v) is 9.37. The second kappa shape index (κ2) is 6.39. The number of hydrogen-bond acceptors (Lipinski definition) is 3. The average molecular weight is 374 g/mol. The first kappa shape index (κ1) is 15.7. The van der Waals surface area contributed by atoms with Crippen LogP contribution in [0.3, 0.4) is 0 Å². The van der Waals surface area contributed by atoms with Crippen molar-refractivity contribution in [2.75, 3.05) is 0 Å². The van der Waals surface area contributed by atoms with E-state index >= 15 is 0 Å². The maximum atomic E-state index is 12.5. The van der Waals surface area contributed by atoms with Gasteiger partial charge >= 0.3 is 0 Å². The van der Waals surface area contributed by atoms with Gasteiger partial charge in [0.1, 0.15) is 0 Å². The average Bonchev–Trinajstić information content (AvgIpc) is 2.89. The van der Waals surface area contributed by atoms with Crippen molar-refractivity contribution in [2.45, 2.75) is 24.8 Å². The van der Waals surface area contributed by atoms with Crippen LogP contribution in [0.25, 0.3) is 0 Å². The summed E-state index contributed by atoms with van der Waals surface area (Å²) >= 11 is 4.85. The SMILES string of the molecule is CC(C)C(NS(=O)(=O)c1ccccc1Br)c1cccs1. The fourth-order valence-electron chi connectivity index (χ4n) is 1.88. The van der Waals surface area contributed by atoms with Crippen LogP contribution < -0.4 is 4.72 Å². The van der Waals surface area contributed by atoms with Gasteiger partial charge in [0.2, 0.25) is 10.0 Å². The zero-order chi connectivity index (χ0) is 14.8. The van der Waals surface area contributed by atoms with Gasteiger partial charge in [0.15, 0.2) is 0 Å². The van der Waals surface area contributed by atoms with Crippen LogP contribution in [0.1, 0.15) is 24.8 Å². The molecular weight excluding hydrogens is 358 g/mol. The summed E-state index contributed by atoms with van der Waals surface area (Å²) in [6.45, 7) is 4.01. The molecule has 108 valence electrons. The van der Waals surface area contributed by atoms with Crippen molar-refractivity contribution in [3.8, 4) is 0 Å². The summed E-state index contributed by atoms with van der Waals surface area (Å²) in [7, 11) is -3.55. The van der Waals surface area contributed by atoms with Crippen LogP contribution in [0.15, 0.2) is 51.1 Å². The quantitative estimate of drug-likeness (QED) is 0.853. The Kier molecular flexibility index (Phi) is 5.01. The van der Waals surface area contributed by atoms with Crippen molar-refractivity contribution in [3.63, 3.8) is 0 Å². The van der Waals surface area contributed by atoms with E-state index in [1.54, 1.807) is 35.6 Å². The smallest absolute Gasteiger partial charge is 0.207 e. The Balaban J connectivity index is 2.34. The third-order valence-electron chi connectivity index (χ3n) is 2.92. The second-order valence-corrected chi connectivity index (χ2v) is 8.30. The molecule has 1 heterocycles. The molecule has 1 unspecified atom stereocenters. The predicted molar refractivity (Wildman–Crippen MR) is 86.4 cm³/mol. The summed E-state index contributed by atoms with van der Waals surface area (Å²) in [6.07, 6.45) is 0. The summed E-state index contributed by atoms with van der Waals surface area (Å²) in [5, 5.41) is 1.96. The van der Waals surface area contributed by atoms with Crippen LogP contribution in [0.5, 0.6) is 0 Å². The molecule has 0 saturated carbocycles. The number of benzene rings is 1. The van der Waals surface area contributed by atoms with Gasteiger partial charge in [0.25, 0.3) is 0 Å². The lowest BCUT2D eigenvalue weighted by atomic mass is 10.0. The molecule has 1 aromatic carbocycles. The van der Waals surface area contributed by atoms with Crippen LogP contribution in [0.4, 0.5) is 0 Å². The molecule has 6 heteroatoms. The molecule has 0 aliphatic rings. The number of halogens is 1. The second-order valence-electron chi connectivity index (χ2n) is 4.79. The standard InChI is InChI=1S/C14H16BrNO2S2/c1-10(2)14(12-7-5-9-19-12)16-20(17,18)13-8-4-3-6-11(13)15/h3-10,14,16H,1-2H3. The van der Waals surface area contributed by atoms with Crippen molar-refractivity contribution < 1.29 is 8.42 Å². The van der Waals surface area contributed by atoms with Gasteiger partial charge in [-0.2, -0.15) is 0 Å². The van der Waals surface area contributed by atoms with E-state index in [4.69, 9.17) is 0 Å². The van der Waals surface area contributed by atoms with E-state index in [-0.39, 0.29) is 16.9 Å². The normalized spacial score (nSPS) is 13.6. The molecular formula is C14H16BrNO2S2. The summed E-state index contributed by atoms with van der Waals surface area (Å²) in [6, 6.07) is 10.5. The molecule has 0 radical (unpaired) electrons. The van der Waals surface area contributed by atoms with Crippen LogP contribution in [0, 0.1) is 5.92 Å². The van der Waals surface area contributed by atoms with Crippen molar-refractivity contribution in [3.05, 3.63) is 51.1 Å². The molecule has 0 aliphatic carbocycles. The highest BCUT2D eigenvalue weighted by molar-refractivity contribution is 9.10. The van der Waals surface area contributed by atoms with E-state index in [0.29, 0.717) is 4.47 Å². The fourth-order valence-corrected chi connectivity index (χ4v) is 5.27. The van der Waals surface area contributed by atoms with Gasteiger partial charge in [0.05, 0.1) is 10.9 Å². The van der Waals surface area contributed by atoms with Crippen molar-refractivity contribution >= 4 is 37.3 Å². The Morgan fingerprint density at radius 3 is 2.40 bits per heavy atom. The highest BCUT2D eigenvalue weighted by Gasteiger charge is 2.25. The fraction of sp³-hybridized carbons (Fsp3) is 0.286. The van der Waals surface area contributed by atoms with Crippen molar-refractivity contribution in [1.82, 2.24) is 4.72 Å². The number of rotatable bonds is 5. The highest BCUT2D eigenvalue weighted by Crippen LogP contribution is 2.29. The highest BCUT2D eigenvalue weighted by atomic mass is 79.9. The molecule has 1 aromatic heterocycles. The summed E-state index contributed by atoms with van der Waals surface area (Å²) in [5.41, 5.74) is 0. The van der Waals surface area contributed by atoms with Gasteiger partial charge in [-0.05, 0) is 45.4 Å². The third kappa shape index (κ3) is 3.49. The summed E-state index contributed by atoms with van der Waals surface area (Å²) < 4.78 is 28.4. The largest absolute Gasteiger partial charge is 0.242 e. The minimum Gasteiger partial charge on any atom is -0.207 e. The van der Waals surface area contributed by atoms with E-state index in [2.05, 4.69) is 20.7 Å². The molecule has 0 saturated heterocycles. The molecule has 0 amide bonds. The number of nitrogens with one attached hydrogen (secondary N) is 1. The van der Waals surface area contributed by atoms with E-state index in [0.717, 1.165) is 4.88 Å². The van der Waals surface area contributed by atoms with Crippen LogP contribution in [-0.2, 0) is 10.0 Å². The molecule has 0 aliphatic heterocycles. The molecule has 1 N–H and O–H groups in total. The Bertz CT molecular complexity index is 666. The van der Waals surface area contributed by atoms with E-state index < -0.39 is 10.0 Å². The molecule has 2 aromatic rings. The van der Waals surface area contributed by atoms with Gasteiger partial charge in [0, 0.05) is 9.35 Å². The van der Waals surface area contributed by atoms with Crippen molar-refractivity contribution in [1.29, 1.82) is 0 Å². The predicted octanol–water partition coefficient (Wildman–Crippen LogP) is 4.19. The van der Waals surface area contributed by atoms with Gasteiger partial charge in [-0.1, -0.05) is 32.0 Å². The number of hydrogen-bond donors (Lipinski definition) is 1. The van der Waals surface area contributed by atoms with Gasteiger partial charge in [-0.25, -0.2) is 13.1 Å². The molecule has 3 nitrogen and oxygen atoms in total. The van der Waals surface area contributed by atoms with Crippen molar-refractivity contribution in [2.24, 2.45) is 5.92 Å².